The lowest BCUT2D eigenvalue weighted by Gasteiger charge is -2.10. The predicted octanol–water partition coefficient (Wildman–Crippen LogP) is 5.57. The van der Waals surface area contributed by atoms with Crippen LogP contribution < -0.4 is 9.47 Å². The topological polar surface area (TPSA) is 18.5 Å². The molecule has 0 aliphatic rings. The molecule has 0 N–H and O–H groups in total. The van der Waals surface area contributed by atoms with Gasteiger partial charge in [0.25, 0.3) is 0 Å². The number of alkyl halides is 1. The minimum absolute atomic E-state index is 0.0662. The van der Waals surface area contributed by atoms with Crippen LogP contribution in [0.15, 0.2) is 36.4 Å². The summed E-state index contributed by atoms with van der Waals surface area (Å²) in [5.74, 6) is -0.429. The van der Waals surface area contributed by atoms with Crippen molar-refractivity contribution in [3.8, 4) is 17.2 Å². The van der Waals surface area contributed by atoms with Gasteiger partial charge < -0.3 is 9.47 Å². The summed E-state index contributed by atoms with van der Waals surface area (Å²) in [6.07, 6.45) is 0.858. The average Bonchev–Trinajstić information content (AvgIpc) is 2.40. The SMILES string of the molecule is Fc1cc(F)cc(Oc2ccc(OCCCBr)c(Cl)c2)c1. The van der Waals surface area contributed by atoms with Crippen molar-refractivity contribution in [2.45, 2.75) is 6.42 Å². The minimum atomic E-state index is -0.703. The Labute approximate surface area is 134 Å². The van der Waals surface area contributed by atoms with Crippen LogP contribution in [0.25, 0.3) is 0 Å². The van der Waals surface area contributed by atoms with Crippen molar-refractivity contribution >= 4 is 27.5 Å². The van der Waals surface area contributed by atoms with Crippen LogP contribution in [0.3, 0.4) is 0 Å². The molecule has 0 aromatic heterocycles. The highest BCUT2D eigenvalue weighted by Gasteiger charge is 2.07. The molecule has 2 nitrogen and oxygen atoms in total. The zero-order valence-electron chi connectivity index (χ0n) is 10.9. The Hall–Kier alpha value is -1.33. The third-order valence-corrected chi connectivity index (χ3v) is 3.37. The molecule has 0 aliphatic heterocycles. The Bertz CT molecular complexity index is 602. The normalized spacial score (nSPS) is 10.5. The summed E-state index contributed by atoms with van der Waals surface area (Å²) in [5, 5.41) is 1.22. The molecule has 0 bridgehead atoms. The van der Waals surface area contributed by atoms with Crippen molar-refractivity contribution < 1.29 is 18.3 Å². The van der Waals surface area contributed by atoms with Crippen LogP contribution >= 0.6 is 27.5 Å². The van der Waals surface area contributed by atoms with E-state index in [1.807, 2.05) is 0 Å². The fourth-order valence-corrected chi connectivity index (χ4v) is 2.08. The summed E-state index contributed by atoms with van der Waals surface area (Å²) in [4.78, 5) is 0. The van der Waals surface area contributed by atoms with E-state index in [0.29, 0.717) is 23.1 Å². The summed E-state index contributed by atoms with van der Waals surface area (Å²) in [6.45, 7) is 0.542. The van der Waals surface area contributed by atoms with Gasteiger partial charge in [-0.3, -0.25) is 0 Å². The monoisotopic (exact) mass is 376 g/mol. The molecule has 0 aliphatic carbocycles. The number of rotatable bonds is 6. The Morgan fingerprint density at radius 3 is 2.33 bits per heavy atom. The second kappa shape index (κ2) is 7.61. The summed E-state index contributed by atoms with van der Waals surface area (Å²) in [5.41, 5.74) is 0. The third-order valence-electron chi connectivity index (χ3n) is 2.51. The molecule has 2 aromatic carbocycles. The number of benzene rings is 2. The fourth-order valence-electron chi connectivity index (χ4n) is 1.62. The molecule has 0 unspecified atom stereocenters. The maximum absolute atomic E-state index is 13.1. The van der Waals surface area contributed by atoms with E-state index in [-0.39, 0.29) is 5.75 Å². The molecule has 0 saturated carbocycles. The molecule has 2 rings (SSSR count). The van der Waals surface area contributed by atoms with Gasteiger partial charge in [0, 0.05) is 29.6 Å². The van der Waals surface area contributed by atoms with Gasteiger partial charge in [-0.05, 0) is 18.6 Å². The third kappa shape index (κ3) is 4.86. The first kappa shape index (κ1) is 16.0. The molecular weight excluding hydrogens is 366 g/mol. The van der Waals surface area contributed by atoms with Gasteiger partial charge in [0.15, 0.2) is 0 Å². The van der Waals surface area contributed by atoms with E-state index in [0.717, 1.165) is 30.0 Å². The smallest absolute Gasteiger partial charge is 0.138 e. The maximum atomic E-state index is 13.1. The van der Waals surface area contributed by atoms with Crippen LogP contribution in [0.4, 0.5) is 8.78 Å². The molecule has 0 radical (unpaired) electrons. The van der Waals surface area contributed by atoms with Gasteiger partial charge in [-0.25, -0.2) is 8.78 Å². The molecule has 112 valence electrons. The molecule has 0 saturated heterocycles. The van der Waals surface area contributed by atoms with Gasteiger partial charge >= 0.3 is 0 Å². The highest BCUT2D eigenvalue weighted by atomic mass is 79.9. The van der Waals surface area contributed by atoms with Crippen LogP contribution in [0, 0.1) is 11.6 Å². The van der Waals surface area contributed by atoms with E-state index in [1.54, 1.807) is 12.1 Å². The Morgan fingerprint density at radius 1 is 1.00 bits per heavy atom. The molecule has 0 atom stereocenters. The van der Waals surface area contributed by atoms with Gasteiger partial charge in [-0.2, -0.15) is 0 Å². The van der Waals surface area contributed by atoms with Crippen molar-refractivity contribution in [1.82, 2.24) is 0 Å². The minimum Gasteiger partial charge on any atom is -0.492 e. The number of ether oxygens (including phenoxy) is 2. The van der Waals surface area contributed by atoms with E-state index in [4.69, 9.17) is 21.1 Å². The van der Waals surface area contributed by atoms with Crippen molar-refractivity contribution in [1.29, 1.82) is 0 Å². The van der Waals surface area contributed by atoms with E-state index in [2.05, 4.69) is 15.9 Å². The van der Waals surface area contributed by atoms with Crippen LogP contribution in [-0.2, 0) is 0 Å². The average molecular weight is 378 g/mol. The predicted molar refractivity (Wildman–Crippen MR) is 81.8 cm³/mol. The molecule has 6 heteroatoms. The molecule has 2 aromatic rings. The maximum Gasteiger partial charge on any atom is 0.138 e. The summed E-state index contributed by atoms with van der Waals surface area (Å²) in [6, 6.07) is 7.78. The van der Waals surface area contributed by atoms with Crippen LogP contribution in [-0.4, -0.2) is 11.9 Å². The van der Waals surface area contributed by atoms with Crippen LogP contribution in [0.5, 0.6) is 17.2 Å². The van der Waals surface area contributed by atoms with Crippen LogP contribution in [0.2, 0.25) is 5.02 Å². The van der Waals surface area contributed by atoms with E-state index >= 15 is 0 Å². The number of halogens is 4. The van der Waals surface area contributed by atoms with Crippen molar-refractivity contribution in [2.24, 2.45) is 0 Å². The molecule has 21 heavy (non-hydrogen) atoms. The first-order chi connectivity index (χ1) is 10.1. The van der Waals surface area contributed by atoms with Gasteiger partial charge in [0.05, 0.1) is 11.6 Å². The molecule has 0 amide bonds. The fraction of sp³-hybridized carbons (Fsp3) is 0.200. The lowest BCUT2D eigenvalue weighted by molar-refractivity contribution is 0.319. The lowest BCUT2D eigenvalue weighted by Crippen LogP contribution is -1.98. The Morgan fingerprint density at radius 2 is 1.71 bits per heavy atom. The van der Waals surface area contributed by atoms with Crippen molar-refractivity contribution in [2.75, 3.05) is 11.9 Å². The van der Waals surface area contributed by atoms with Crippen molar-refractivity contribution in [3.63, 3.8) is 0 Å². The molecule has 0 heterocycles. The van der Waals surface area contributed by atoms with Gasteiger partial charge in [0.1, 0.15) is 28.9 Å². The Balaban J connectivity index is 2.09. The quantitative estimate of drug-likeness (QED) is 0.484. The lowest BCUT2D eigenvalue weighted by atomic mass is 10.3. The summed E-state index contributed by atoms with van der Waals surface area (Å²) in [7, 11) is 0. The first-order valence-corrected chi connectivity index (χ1v) is 7.70. The van der Waals surface area contributed by atoms with Gasteiger partial charge in [0.2, 0.25) is 0 Å². The largest absolute Gasteiger partial charge is 0.492 e. The highest BCUT2D eigenvalue weighted by Crippen LogP contribution is 2.31. The zero-order chi connectivity index (χ0) is 15.2. The van der Waals surface area contributed by atoms with E-state index in [9.17, 15) is 8.78 Å². The Kier molecular flexibility index (Phi) is 5.82. The zero-order valence-corrected chi connectivity index (χ0v) is 13.3. The van der Waals surface area contributed by atoms with E-state index in [1.165, 1.54) is 6.07 Å². The highest BCUT2D eigenvalue weighted by molar-refractivity contribution is 9.09. The summed E-state index contributed by atoms with van der Waals surface area (Å²) < 4.78 is 37.0. The number of hydrogen-bond acceptors (Lipinski definition) is 2. The molecule has 0 fully saturated rings. The molecule has 0 spiro atoms. The molecular formula is C15H12BrClF2O2. The number of hydrogen-bond donors (Lipinski definition) is 0. The first-order valence-electron chi connectivity index (χ1n) is 6.21. The summed E-state index contributed by atoms with van der Waals surface area (Å²) >= 11 is 9.38. The second-order valence-electron chi connectivity index (χ2n) is 4.19. The van der Waals surface area contributed by atoms with Crippen molar-refractivity contribution in [3.05, 3.63) is 53.1 Å². The second-order valence-corrected chi connectivity index (χ2v) is 5.39. The van der Waals surface area contributed by atoms with Gasteiger partial charge in [-0.15, -0.1) is 0 Å². The van der Waals surface area contributed by atoms with Crippen LogP contribution in [0.1, 0.15) is 6.42 Å². The standard InChI is InChI=1S/C15H12BrClF2O2/c16-4-1-5-20-15-3-2-12(9-14(15)17)21-13-7-10(18)6-11(19)8-13/h2-3,6-9H,1,4-5H2. The van der Waals surface area contributed by atoms with Gasteiger partial charge in [-0.1, -0.05) is 27.5 Å². The van der Waals surface area contributed by atoms with E-state index < -0.39 is 11.6 Å².